The fourth-order valence-electron chi connectivity index (χ4n) is 2.17. The molecule has 0 saturated carbocycles. The topological polar surface area (TPSA) is 85.1 Å². The van der Waals surface area contributed by atoms with E-state index in [-0.39, 0.29) is 0 Å². The van der Waals surface area contributed by atoms with Crippen molar-refractivity contribution < 1.29 is 9.15 Å². The van der Waals surface area contributed by atoms with E-state index in [1.807, 2.05) is 36.4 Å². The molecule has 0 aliphatic carbocycles. The summed E-state index contributed by atoms with van der Waals surface area (Å²) in [5, 5.41) is 14.3. The van der Waals surface area contributed by atoms with Gasteiger partial charge in [0, 0.05) is 6.54 Å². The highest BCUT2D eigenvalue weighted by Crippen LogP contribution is 2.12. The lowest BCUT2D eigenvalue weighted by molar-refractivity contribution is 0.414. The lowest BCUT2D eigenvalue weighted by Crippen LogP contribution is -2.10. The molecular weight excluding hydrogens is 306 g/mol. The third kappa shape index (κ3) is 4.45. The number of benzene rings is 1. The Bertz CT molecular complexity index is 744. The minimum atomic E-state index is 0.493. The normalized spacial score (nSPS) is 10.4. The van der Waals surface area contributed by atoms with E-state index in [9.17, 15) is 0 Å². The molecule has 124 valence electrons. The van der Waals surface area contributed by atoms with Gasteiger partial charge >= 0.3 is 0 Å². The molecule has 0 spiro atoms. The molecule has 3 rings (SSSR count). The summed E-state index contributed by atoms with van der Waals surface area (Å²) < 4.78 is 10.4. The van der Waals surface area contributed by atoms with Crippen LogP contribution in [0.4, 0.5) is 11.8 Å². The molecule has 2 aromatic heterocycles. The van der Waals surface area contributed by atoms with Crippen LogP contribution in [0.1, 0.15) is 11.3 Å². The van der Waals surface area contributed by atoms with Crippen LogP contribution in [0.5, 0.6) is 5.75 Å². The first-order valence-corrected chi connectivity index (χ1v) is 7.66. The van der Waals surface area contributed by atoms with Crippen LogP contribution in [0.25, 0.3) is 0 Å². The van der Waals surface area contributed by atoms with Crippen LogP contribution in [0.2, 0.25) is 0 Å². The van der Waals surface area contributed by atoms with E-state index in [0.717, 1.165) is 24.5 Å². The molecule has 0 saturated heterocycles. The number of anilines is 2. The second kappa shape index (κ2) is 7.96. The first-order chi connectivity index (χ1) is 11.8. The first kappa shape index (κ1) is 15.8. The van der Waals surface area contributed by atoms with Gasteiger partial charge in [0.25, 0.3) is 0 Å². The van der Waals surface area contributed by atoms with E-state index >= 15 is 0 Å². The Morgan fingerprint density at radius 3 is 2.75 bits per heavy atom. The zero-order chi connectivity index (χ0) is 16.6. The van der Waals surface area contributed by atoms with E-state index in [1.54, 1.807) is 19.6 Å². The molecule has 0 bridgehead atoms. The molecule has 0 aliphatic heterocycles. The lowest BCUT2D eigenvalue weighted by Gasteiger charge is -2.07. The van der Waals surface area contributed by atoms with Gasteiger partial charge in [-0.1, -0.05) is 12.1 Å². The van der Waals surface area contributed by atoms with Crippen LogP contribution in [-0.4, -0.2) is 28.8 Å². The maximum atomic E-state index is 5.26. The van der Waals surface area contributed by atoms with Gasteiger partial charge in [-0.25, -0.2) is 0 Å². The molecule has 0 aliphatic rings. The highest BCUT2D eigenvalue weighted by atomic mass is 16.5. The highest BCUT2D eigenvalue weighted by molar-refractivity contribution is 5.37. The SMILES string of the molecule is COc1ccc(CCNc2nncc(NCc3ccco3)n2)cc1. The molecule has 0 amide bonds. The molecule has 3 aromatic rings. The van der Waals surface area contributed by atoms with Gasteiger partial charge in [0.05, 0.1) is 26.1 Å². The summed E-state index contributed by atoms with van der Waals surface area (Å²) in [7, 11) is 1.66. The molecule has 0 radical (unpaired) electrons. The summed E-state index contributed by atoms with van der Waals surface area (Å²) in [6.07, 6.45) is 4.08. The average molecular weight is 325 g/mol. The number of rotatable bonds is 8. The summed E-state index contributed by atoms with van der Waals surface area (Å²) in [4.78, 5) is 4.37. The fraction of sp³-hybridized carbons (Fsp3) is 0.235. The predicted octanol–water partition coefficient (Wildman–Crippen LogP) is 2.74. The molecule has 2 N–H and O–H groups in total. The largest absolute Gasteiger partial charge is 0.497 e. The maximum Gasteiger partial charge on any atom is 0.244 e. The van der Waals surface area contributed by atoms with Crippen molar-refractivity contribution in [2.75, 3.05) is 24.3 Å². The third-order valence-electron chi connectivity index (χ3n) is 3.44. The molecule has 1 aromatic carbocycles. The Kier molecular flexibility index (Phi) is 5.24. The summed E-state index contributed by atoms with van der Waals surface area (Å²) in [5.74, 6) is 2.83. The number of methoxy groups -OCH3 is 1. The zero-order valence-corrected chi connectivity index (χ0v) is 13.4. The molecule has 24 heavy (non-hydrogen) atoms. The van der Waals surface area contributed by atoms with Gasteiger partial charge in [0.2, 0.25) is 5.95 Å². The third-order valence-corrected chi connectivity index (χ3v) is 3.44. The zero-order valence-electron chi connectivity index (χ0n) is 13.4. The van der Waals surface area contributed by atoms with Gasteiger partial charge in [0.15, 0.2) is 5.82 Å². The van der Waals surface area contributed by atoms with Crippen molar-refractivity contribution in [3.8, 4) is 5.75 Å². The van der Waals surface area contributed by atoms with E-state index in [4.69, 9.17) is 9.15 Å². The Morgan fingerprint density at radius 1 is 1.12 bits per heavy atom. The summed E-state index contributed by atoms with van der Waals surface area (Å²) >= 11 is 0. The monoisotopic (exact) mass is 325 g/mol. The smallest absolute Gasteiger partial charge is 0.244 e. The lowest BCUT2D eigenvalue weighted by atomic mass is 10.1. The standard InChI is InChI=1S/C17H19N5O2/c1-23-14-6-4-13(5-7-14)8-9-18-17-21-16(12-20-22-17)19-11-15-3-2-10-24-15/h2-7,10,12H,8-9,11H2,1H3,(H2,18,19,21,22). The van der Waals surface area contributed by atoms with Crippen molar-refractivity contribution in [3.63, 3.8) is 0 Å². The summed E-state index contributed by atoms with van der Waals surface area (Å²) in [6, 6.07) is 11.7. The molecule has 0 fully saturated rings. The van der Waals surface area contributed by atoms with Crippen molar-refractivity contribution in [1.29, 1.82) is 0 Å². The van der Waals surface area contributed by atoms with E-state index in [2.05, 4.69) is 25.8 Å². The van der Waals surface area contributed by atoms with Gasteiger partial charge in [-0.15, -0.1) is 5.10 Å². The Balaban J connectivity index is 1.48. The maximum absolute atomic E-state index is 5.26. The average Bonchev–Trinajstić information content (AvgIpc) is 3.15. The Hall–Kier alpha value is -3.09. The number of aromatic nitrogens is 3. The van der Waals surface area contributed by atoms with Crippen LogP contribution in [0.3, 0.4) is 0 Å². The van der Waals surface area contributed by atoms with Crippen molar-refractivity contribution in [2.45, 2.75) is 13.0 Å². The van der Waals surface area contributed by atoms with E-state index in [1.165, 1.54) is 5.56 Å². The van der Waals surface area contributed by atoms with Crippen LogP contribution in [-0.2, 0) is 13.0 Å². The molecule has 0 unspecified atom stereocenters. The predicted molar refractivity (Wildman–Crippen MR) is 91.0 cm³/mol. The quantitative estimate of drug-likeness (QED) is 0.658. The summed E-state index contributed by atoms with van der Waals surface area (Å²) in [5.41, 5.74) is 1.21. The number of nitrogens with one attached hydrogen (secondary N) is 2. The van der Waals surface area contributed by atoms with Gasteiger partial charge in [-0.3, -0.25) is 0 Å². The fourth-order valence-corrected chi connectivity index (χ4v) is 2.17. The molecule has 2 heterocycles. The second-order valence-electron chi connectivity index (χ2n) is 5.12. The van der Waals surface area contributed by atoms with Crippen LogP contribution in [0.15, 0.2) is 53.3 Å². The minimum absolute atomic E-state index is 0.493. The van der Waals surface area contributed by atoms with Crippen molar-refractivity contribution >= 4 is 11.8 Å². The Labute approximate surface area is 140 Å². The molecule has 7 nitrogen and oxygen atoms in total. The van der Waals surface area contributed by atoms with Crippen molar-refractivity contribution in [3.05, 3.63) is 60.2 Å². The van der Waals surface area contributed by atoms with Gasteiger partial charge in [0.1, 0.15) is 11.5 Å². The number of ether oxygens (including phenoxy) is 1. The van der Waals surface area contributed by atoms with E-state index in [0.29, 0.717) is 18.3 Å². The number of hydrogen-bond acceptors (Lipinski definition) is 7. The molecule has 7 heteroatoms. The van der Waals surface area contributed by atoms with Crippen LogP contribution < -0.4 is 15.4 Å². The molecular formula is C17H19N5O2. The van der Waals surface area contributed by atoms with Gasteiger partial charge < -0.3 is 19.8 Å². The minimum Gasteiger partial charge on any atom is -0.497 e. The Morgan fingerprint density at radius 2 is 2.00 bits per heavy atom. The number of furan rings is 1. The first-order valence-electron chi connectivity index (χ1n) is 7.66. The van der Waals surface area contributed by atoms with Crippen LogP contribution >= 0.6 is 0 Å². The number of hydrogen-bond donors (Lipinski definition) is 2. The molecule has 0 atom stereocenters. The van der Waals surface area contributed by atoms with Gasteiger partial charge in [-0.2, -0.15) is 10.1 Å². The number of nitrogens with zero attached hydrogens (tertiary/aromatic N) is 3. The van der Waals surface area contributed by atoms with Gasteiger partial charge in [-0.05, 0) is 36.2 Å². The second-order valence-corrected chi connectivity index (χ2v) is 5.12. The highest BCUT2D eigenvalue weighted by Gasteiger charge is 2.02. The van der Waals surface area contributed by atoms with Crippen LogP contribution in [0, 0.1) is 0 Å². The van der Waals surface area contributed by atoms with E-state index < -0.39 is 0 Å². The van der Waals surface area contributed by atoms with Crippen molar-refractivity contribution in [1.82, 2.24) is 15.2 Å². The van der Waals surface area contributed by atoms with Crippen molar-refractivity contribution in [2.24, 2.45) is 0 Å². The summed E-state index contributed by atoms with van der Waals surface area (Å²) in [6.45, 7) is 1.27.